The summed E-state index contributed by atoms with van der Waals surface area (Å²) in [6.07, 6.45) is 0. The monoisotopic (exact) mass is 120 g/mol. The molecule has 0 bridgehead atoms. The van der Waals surface area contributed by atoms with Crippen molar-refractivity contribution in [2.75, 3.05) is 0 Å². The van der Waals surface area contributed by atoms with Crippen molar-refractivity contribution in [1.82, 2.24) is 0 Å². The van der Waals surface area contributed by atoms with Gasteiger partial charge in [-0.2, -0.15) is 0 Å². The molecule has 0 amide bonds. The standard InChI is InChI=1S/C6H5BO2/c8-7-9-6-4-2-1-3-5-6/h1-5H. The summed E-state index contributed by atoms with van der Waals surface area (Å²) in [7, 11) is 0.412. The third kappa shape index (κ3) is 1.68. The van der Waals surface area contributed by atoms with Crippen LogP contribution in [0.1, 0.15) is 0 Å². The van der Waals surface area contributed by atoms with E-state index in [2.05, 4.69) is 4.65 Å². The van der Waals surface area contributed by atoms with Gasteiger partial charge < -0.3 is 0 Å². The molecule has 9 heavy (non-hydrogen) atoms. The van der Waals surface area contributed by atoms with Gasteiger partial charge >= 0.3 is 52.8 Å². The molecule has 0 N–H and O–H groups in total. The third-order valence-electron chi connectivity index (χ3n) is 0.927. The Morgan fingerprint density at radius 2 is 1.89 bits per heavy atom. The second-order valence-electron chi connectivity index (χ2n) is 1.53. The summed E-state index contributed by atoms with van der Waals surface area (Å²) < 4.78 is 14.3. The van der Waals surface area contributed by atoms with Gasteiger partial charge in [-0.05, 0) is 0 Å². The minimum atomic E-state index is 0.412. The molecule has 0 saturated carbocycles. The maximum absolute atomic E-state index is 9.75. The summed E-state index contributed by atoms with van der Waals surface area (Å²) in [4.78, 5) is 0. The normalized spacial score (nSPS) is 8.00. The Hall–Kier alpha value is -1.12. The first kappa shape index (κ1) is 6.01. The molecule has 0 atom stereocenters. The van der Waals surface area contributed by atoms with E-state index in [1.165, 1.54) is 0 Å². The SMILES string of the molecule is O=BOc1ccccc1. The van der Waals surface area contributed by atoms with E-state index in [1.807, 2.05) is 6.07 Å². The third-order valence-corrected chi connectivity index (χ3v) is 0.927. The second-order valence-corrected chi connectivity index (χ2v) is 1.53. The first-order valence-electron chi connectivity index (χ1n) is 2.59. The van der Waals surface area contributed by atoms with Crippen molar-refractivity contribution in [3.63, 3.8) is 0 Å². The Bertz CT molecular complexity index is 186. The summed E-state index contributed by atoms with van der Waals surface area (Å²) in [5.74, 6) is 0.576. The van der Waals surface area contributed by atoms with Crippen LogP contribution in [0.3, 0.4) is 0 Å². The van der Waals surface area contributed by atoms with Crippen LogP contribution in [0.2, 0.25) is 0 Å². The Labute approximate surface area is 53.7 Å². The van der Waals surface area contributed by atoms with E-state index >= 15 is 0 Å². The van der Waals surface area contributed by atoms with E-state index in [-0.39, 0.29) is 0 Å². The van der Waals surface area contributed by atoms with Crippen LogP contribution in [-0.2, 0) is 4.70 Å². The van der Waals surface area contributed by atoms with E-state index in [9.17, 15) is 4.70 Å². The number of para-hydroxylation sites is 1. The number of rotatable bonds is 2. The molecule has 0 heterocycles. The van der Waals surface area contributed by atoms with Crippen molar-refractivity contribution in [2.45, 2.75) is 0 Å². The van der Waals surface area contributed by atoms with Crippen LogP contribution in [0.25, 0.3) is 0 Å². The molecule has 0 aromatic heterocycles. The molecule has 0 fully saturated rings. The molecule has 0 aliphatic carbocycles. The van der Waals surface area contributed by atoms with Crippen LogP contribution in [0, 0.1) is 0 Å². The summed E-state index contributed by atoms with van der Waals surface area (Å²) >= 11 is 0. The number of hydrogen-bond donors (Lipinski definition) is 0. The van der Waals surface area contributed by atoms with Gasteiger partial charge in [0.1, 0.15) is 0 Å². The van der Waals surface area contributed by atoms with E-state index < -0.39 is 0 Å². The van der Waals surface area contributed by atoms with Crippen LogP contribution in [0.4, 0.5) is 0 Å². The molecule has 1 aromatic carbocycles. The summed E-state index contributed by atoms with van der Waals surface area (Å²) in [5.41, 5.74) is 0. The Balaban J connectivity index is 2.72. The molecule has 0 aliphatic rings. The van der Waals surface area contributed by atoms with Crippen LogP contribution >= 0.6 is 0 Å². The molecular weight excluding hydrogens is 115 g/mol. The average molecular weight is 120 g/mol. The van der Waals surface area contributed by atoms with Crippen molar-refractivity contribution in [2.24, 2.45) is 0 Å². The first-order valence-corrected chi connectivity index (χ1v) is 2.59. The first-order chi connectivity index (χ1) is 4.43. The molecule has 0 unspecified atom stereocenters. The molecule has 1 rings (SSSR count). The zero-order valence-electron chi connectivity index (χ0n) is 4.78. The molecule has 0 spiro atoms. The molecule has 0 aliphatic heterocycles. The van der Waals surface area contributed by atoms with Gasteiger partial charge in [0.2, 0.25) is 0 Å². The predicted octanol–water partition coefficient (Wildman–Crippen LogP) is 1.03. The van der Waals surface area contributed by atoms with Gasteiger partial charge in [0, 0.05) is 0 Å². The fourth-order valence-electron chi connectivity index (χ4n) is 0.555. The molecule has 0 radical (unpaired) electrons. The van der Waals surface area contributed by atoms with Gasteiger partial charge in [0.05, 0.1) is 0 Å². The Morgan fingerprint density at radius 3 is 2.44 bits per heavy atom. The van der Waals surface area contributed by atoms with Crippen molar-refractivity contribution < 1.29 is 9.36 Å². The van der Waals surface area contributed by atoms with E-state index in [0.717, 1.165) is 0 Å². The Kier molecular flexibility index (Phi) is 2.02. The van der Waals surface area contributed by atoms with Crippen molar-refractivity contribution >= 4 is 7.35 Å². The molecule has 2 nitrogen and oxygen atoms in total. The van der Waals surface area contributed by atoms with Crippen LogP contribution < -0.4 is 4.65 Å². The van der Waals surface area contributed by atoms with Crippen molar-refractivity contribution in [3.05, 3.63) is 30.3 Å². The Morgan fingerprint density at radius 1 is 1.22 bits per heavy atom. The fourth-order valence-corrected chi connectivity index (χ4v) is 0.555. The summed E-state index contributed by atoms with van der Waals surface area (Å²) in [5, 5.41) is 0. The van der Waals surface area contributed by atoms with Gasteiger partial charge in [0.25, 0.3) is 0 Å². The average Bonchev–Trinajstić information content (AvgIpc) is 1.91. The molecule has 0 saturated heterocycles. The van der Waals surface area contributed by atoms with Gasteiger partial charge in [-0.1, -0.05) is 0 Å². The summed E-state index contributed by atoms with van der Waals surface area (Å²) in [6, 6.07) is 8.90. The molecule has 1 aromatic rings. The zero-order valence-corrected chi connectivity index (χ0v) is 4.78. The van der Waals surface area contributed by atoms with E-state index in [0.29, 0.717) is 13.1 Å². The molecule has 44 valence electrons. The van der Waals surface area contributed by atoms with Crippen LogP contribution in [-0.4, -0.2) is 7.35 Å². The topological polar surface area (TPSA) is 26.3 Å². The minimum absolute atomic E-state index is 0.412. The number of hydrogen-bond acceptors (Lipinski definition) is 2. The maximum atomic E-state index is 9.75. The van der Waals surface area contributed by atoms with Crippen LogP contribution in [0.5, 0.6) is 5.75 Å². The van der Waals surface area contributed by atoms with E-state index in [1.54, 1.807) is 24.3 Å². The van der Waals surface area contributed by atoms with Gasteiger partial charge in [0.15, 0.2) is 0 Å². The van der Waals surface area contributed by atoms with Crippen molar-refractivity contribution in [1.29, 1.82) is 0 Å². The zero-order chi connectivity index (χ0) is 6.53. The van der Waals surface area contributed by atoms with Crippen molar-refractivity contribution in [3.8, 4) is 5.75 Å². The quantitative estimate of drug-likeness (QED) is 0.544. The second kappa shape index (κ2) is 3.02. The van der Waals surface area contributed by atoms with Crippen LogP contribution in [0.15, 0.2) is 30.3 Å². The summed E-state index contributed by atoms with van der Waals surface area (Å²) in [6.45, 7) is 0. The molecule has 3 heteroatoms. The van der Waals surface area contributed by atoms with E-state index in [4.69, 9.17) is 0 Å². The van der Waals surface area contributed by atoms with Gasteiger partial charge in [-0.25, -0.2) is 0 Å². The van der Waals surface area contributed by atoms with Gasteiger partial charge in [-0.15, -0.1) is 0 Å². The predicted molar refractivity (Wildman–Crippen MR) is 33.5 cm³/mol. The van der Waals surface area contributed by atoms with Gasteiger partial charge in [-0.3, -0.25) is 0 Å². The molecular formula is C6H5BO2. The number of benzene rings is 1. The fraction of sp³-hybridized carbons (Fsp3) is 0.